The highest BCUT2D eigenvalue weighted by Gasteiger charge is 2.35. The van der Waals surface area contributed by atoms with E-state index < -0.39 is 10.0 Å². The summed E-state index contributed by atoms with van der Waals surface area (Å²) in [6, 6.07) is 9.74. The highest BCUT2D eigenvalue weighted by molar-refractivity contribution is 7.89. The van der Waals surface area contributed by atoms with Crippen LogP contribution in [0.3, 0.4) is 0 Å². The maximum absolute atomic E-state index is 12.5. The first-order valence-corrected chi connectivity index (χ1v) is 9.51. The zero-order chi connectivity index (χ0) is 16.1. The van der Waals surface area contributed by atoms with Gasteiger partial charge in [0, 0.05) is 45.8 Å². The molecule has 0 unspecified atom stereocenters. The highest BCUT2D eigenvalue weighted by atomic mass is 32.2. The zero-order valence-electron chi connectivity index (χ0n) is 13.1. The van der Waals surface area contributed by atoms with Crippen molar-refractivity contribution in [2.45, 2.75) is 5.25 Å². The fourth-order valence-corrected chi connectivity index (χ4v) is 4.56. The number of ether oxygens (including phenoxy) is 1. The van der Waals surface area contributed by atoms with Gasteiger partial charge in [0.2, 0.25) is 10.0 Å². The van der Waals surface area contributed by atoms with Crippen LogP contribution in [0.25, 0.3) is 0 Å². The van der Waals surface area contributed by atoms with Crippen molar-refractivity contribution in [3.05, 3.63) is 30.3 Å². The van der Waals surface area contributed by atoms with Crippen molar-refractivity contribution in [3.63, 3.8) is 0 Å². The van der Waals surface area contributed by atoms with Crippen LogP contribution < -0.4 is 15.6 Å². The molecule has 2 aliphatic rings. The Hall–Kier alpha value is -1.19. The molecule has 0 saturated carbocycles. The van der Waals surface area contributed by atoms with Gasteiger partial charge in [-0.1, -0.05) is 18.2 Å². The number of sulfonamides is 1. The molecule has 0 bridgehead atoms. The number of piperazine rings is 1. The number of para-hydroxylation sites is 1. The fourth-order valence-electron chi connectivity index (χ4n) is 2.88. The van der Waals surface area contributed by atoms with Crippen molar-refractivity contribution >= 4 is 10.0 Å². The smallest absolute Gasteiger partial charge is 0.219 e. The third kappa shape index (κ3) is 4.21. The third-order valence-corrected chi connectivity index (χ3v) is 6.58. The lowest BCUT2D eigenvalue weighted by Crippen LogP contribution is -2.52. The lowest BCUT2D eigenvalue weighted by molar-refractivity contribution is 0.158. The summed E-state index contributed by atoms with van der Waals surface area (Å²) in [5.74, 6) is 0.870. The molecule has 0 spiro atoms. The van der Waals surface area contributed by atoms with Crippen molar-refractivity contribution in [1.82, 2.24) is 20.1 Å². The first-order valence-electron chi connectivity index (χ1n) is 8.01. The number of nitrogens with one attached hydrogen (secondary N) is 2. The highest BCUT2D eigenvalue weighted by Crippen LogP contribution is 2.14. The summed E-state index contributed by atoms with van der Waals surface area (Å²) in [6.07, 6.45) is 0. The Morgan fingerprint density at radius 1 is 1.04 bits per heavy atom. The lowest BCUT2D eigenvalue weighted by Gasteiger charge is -2.34. The molecule has 2 N–H and O–H groups in total. The van der Waals surface area contributed by atoms with Gasteiger partial charge in [-0.3, -0.25) is 15.8 Å². The zero-order valence-corrected chi connectivity index (χ0v) is 14.0. The topological polar surface area (TPSA) is 73.9 Å². The first kappa shape index (κ1) is 16.7. The van der Waals surface area contributed by atoms with Crippen LogP contribution in [0.5, 0.6) is 5.75 Å². The second-order valence-electron chi connectivity index (χ2n) is 5.83. The molecule has 0 aromatic heterocycles. The number of nitrogens with zero attached hydrogens (tertiary/aromatic N) is 2. The summed E-state index contributed by atoms with van der Waals surface area (Å²) in [7, 11) is -3.20. The Kier molecular flexibility index (Phi) is 5.50. The maximum Gasteiger partial charge on any atom is 0.219 e. The van der Waals surface area contributed by atoms with Crippen molar-refractivity contribution in [1.29, 1.82) is 0 Å². The second kappa shape index (κ2) is 7.59. The molecule has 8 heteroatoms. The fraction of sp³-hybridized carbons (Fsp3) is 0.600. The van der Waals surface area contributed by atoms with E-state index in [1.165, 1.54) is 0 Å². The number of benzene rings is 1. The van der Waals surface area contributed by atoms with Crippen molar-refractivity contribution < 1.29 is 13.2 Å². The standard InChI is InChI=1S/C15H24N4O3S/c20-23(21,15-12-16-17-13-15)19-8-6-18(7-9-19)10-11-22-14-4-2-1-3-5-14/h1-5,15-17H,6-13H2. The lowest BCUT2D eigenvalue weighted by atomic mass is 10.3. The van der Waals surface area contributed by atoms with E-state index in [0.29, 0.717) is 32.8 Å². The van der Waals surface area contributed by atoms with E-state index in [1.54, 1.807) is 4.31 Å². The van der Waals surface area contributed by atoms with Gasteiger partial charge >= 0.3 is 0 Å². The first-order chi connectivity index (χ1) is 11.2. The van der Waals surface area contributed by atoms with Crippen LogP contribution in [-0.4, -0.2) is 75.3 Å². The van der Waals surface area contributed by atoms with Gasteiger partial charge in [-0.05, 0) is 12.1 Å². The normalized spacial score (nSPS) is 21.6. The third-order valence-electron chi connectivity index (χ3n) is 4.32. The number of hydrazine groups is 1. The average Bonchev–Trinajstić information content (AvgIpc) is 3.12. The van der Waals surface area contributed by atoms with Gasteiger partial charge in [0.15, 0.2) is 0 Å². The average molecular weight is 340 g/mol. The molecule has 0 atom stereocenters. The summed E-state index contributed by atoms with van der Waals surface area (Å²) >= 11 is 0. The van der Waals surface area contributed by atoms with Gasteiger partial charge in [-0.25, -0.2) is 8.42 Å². The van der Waals surface area contributed by atoms with E-state index in [9.17, 15) is 8.42 Å². The minimum absolute atomic E-state index is 0.351. The summed E-state index contributed by atoms with van der Waals surface area (Å²) < 4.78 is 32.3. The summed E-state index contributed by atoms with van der Waals surface area (Å²) in [6.45, 7) is 5.02. The van der Waals surface area contributed by atoms with Crippen molar-refractivity contribution in [2.75, 3.05) is 52.4 Å². The number of hydrogen-bond donors (Lipinski definition) is 2. The Bertz CT molecular complexity index is 582. The van der Waals surface area contributed by atoms with Crippen LogP contribution in [-0.2, 0) is 10.0 Å². The van der Waals surface area contributed by atoms with Crippen LogP contribution in [0, 0.1) is 0 Å². The summed E-state index contributed by atoms with van der Waals surface area (Å²) in [5.41, 5.74) is 5.77. The van der Waals surface area contributed by atoms with Crippen LogP contribution in [0.4, 0.5) is 0 Å². The van der Waals surface area contributed by atoms with E-state index in [2.05, 4.69) is 15.8 Å². The van der Waals surface area contributed by atoms with E-state index in [1.807, 2.05) is 30.3 Å². The molecular weight excluding hydrogens is 316 g/mol. The molecule has 0 aliphatic carbocycles. The molecule has 2 heterocycles. The second-order valence-corrected chi connectivity index (χ2v) is 8.04. The van der Waals surface area contributed by atoms with Gasteiger partial charge in [0.05, 0.1) is 0 Å². The van der Waals surface area contributed by atoms with Gasteiger partial charge in [0.1, 0.15) is 17.6 Å². The van der Waals surface area contributed by atoms with Crippen LogP contribution >= 0.6 is 0 Å². The molecule has 3 rings (SSSR count). The van der Waals surface area contributed by atoms with Crippen LogP contribution in [0.1, 0.15) is 0 Å². The van der Waals surface area contributed by atoms with Crippen molar-refractivity contribution in [3.8, 4) is 5.75 Å². The molecule has 0 amide bonds. The molecule has 0 radical (unpaired) electrons. The minimum atomic E-state index is -3.20. The van der Waals surface area contributed by atoms with E-state index >= 15 is 0 Å². The van der Waals surface area contributed by atoms with E-state index in [4.69, 9.17) is 4.74 Å². The SMILES string of the molecule is O=S(=O)(C1CNNC1)N1CCN(CCOc2ccccc2)CC1. The van der Waals surface area contributed by atoms with E-state index in [0.717, 1.165) is 25.4 Å². The monoisotopic (exact) mass is 340 g/mol. The molecule has 23 heavy (non-hydrogen) atoms. The molecule has 2 aliphatic heterocycles. The maximum atomic E-state index is 12.5. The van der Waals surface area contributed by atoms with Crippen LogP contribution in [0.15, 0.2) is 30.3 Å². The summed E-state index contributed by atoms with van der Waals surface area (Å²) in [4.78, 5) is 2.25. The quantitative estimate of drug-likeness (QED) is 0.727. The number of hydrogen-bond acceptors (Lipinski definition) is 6. The predicted octanol–water partition coefficient (Wildman–Crippen LogP) is -0.511. The molecule has 7 nitrogen and oxygen atoms in total. The molecule has 2 saturated heterocycles. The van der Waals surface area contributed by atoms with Crippen molar-refractivity contribution in [2.24, 2.45) is 0 Å². The Labute approximate surface area is 137 Å². The summed E-state index contributed by atoms with van der Waals surface area (Å²) in [5, 5.41) is -0.351. The van der Waals surface area contributed by atoms with E-state index in [-0.39, 0.29) is 5.25 Å². The molecule has 1 aromatic carbocycles. The molecular formula is C15H24N4O3S. The van der Waals surface area contributed by atoms with Gasteiger partial charge in [-0.2, -0.15) is 4.31 Å². The van der Waals surface area contributed by atoms with Gasteiger partial charge < -0.3 is 4.74 Å². The largest absolute Gasteiger partial charge is 0.492 e. The molecule has 128 valence electrons. The van der Waals surface area contributed by atoms with Gasteiger partial charge in [0.25, 0.3) is 0 Å². The predicted molar refractivity (Wildman–Crippen MR) is 88.7 cm³/mol. The molecule has 2 fully saturated rings. The Balaban J connectivity index is 1.41. The van der Waals surface area contributed by atoms with Gasteiger partial charge in [-0.15, -0.1) is 0 Å². The number of rotatable bonds is 6. The molecule has 1 aromatic rings. The Morgan fingerprint density at radius 3 is 2.35 bits per heavy atom. The minimum Gasteiger partial charge on any atom is -0.492 e. The van der Waals surface area contributed by atoms with Crippen LogP contribution in [0.2, 0.25) is 0 Å². The Morgan fingerprint density at radius 2 is 1.70 bits per heavy atom.